The monoisotopic (exact) mass is 369 g/mol. The summed E-state index contributed by atoms with van der Waals surface area (Å²) < 4.78 is 5.29. The van der Waals surface area contributed by atoms with E-state index in [1.54, 1.807) is 24.3 Å². The van der Waals surface area contributed by atoms with Crippen LogP contribution in [0.1, 0.15) is 12.8 Å². The lowest BCUT2D eigenvalue weighted by Gasteiger charge is -2.26. The first-order valence-corrected chi connectivity index (χ1v) is 8.74. The number of nitrogens with zero attached hydrogens (tertiary/aromatic N) is 1. The number of amides is 1. The highest BCUT2D eigenvalue weighted by molar-refractivity contribution is 6.30. The summed E-state index contributed by atoms with van der Waals surface area (Å²) in [7, 11) is 0. The minimum atomic E-state index is -1.03. The third-order valence-electron chi connectivity index (χ3n) is 3.96. The van der Waals surface area contributed by atoms with E-state index < -0.39 is 12.0 Å². The Bertz CT molecular complexity index is 562. The Labute approximate surface area is 152 Å². The van der Waals surface area contributed by atoms with Crippen molar-refractivity contribution in [1.29, 1.82) is 0 Å². The second-order valence-corrected chi connectivity index (χ2v) is 6.35. The molecule has 1 heterocycles. The van der Waals surface area contributed by atoms with Crippen LogP contribution in [-0.2, 0) is 14.3 Å². The number of rotatable bonds is 9. The number of anilines is 1. The van der Waals surface area contributed by atoms with Crippen LogP contribution < -0.4 is 10.6 Å². The molecule has 1 amide bonds. The fourth-order valence-electron chi connectivity index (χ4n) is 2.58. The van der Waals surface area contributed by atoms with E-state index >= 15 is 0 Å². The van der Waals surface area contributed by atoms with Crippen LogP contribution in [0.3, 0.4) is 0 Å². The van der Waals surface area contributed by atoms with Crippen molar-refractivity contribution in [2.75, 3.05) is 44.7 Å². The quantitative estimate of drug-likeness (QED) is 0.570. The first-order chi connectivity index (χ1) is 12.0. The van der Waals surface area contributed by atoms with Crippen molar-refractivity contribution in [3.05, 3.63) is 29.3 Å². The van der Waals surface area contributed by atoms with E-state index in [1.165, 1.54) is 0 Å². The number of carboxylic acids is 1. The lowest BCUT2D eigenvalue weighted by molar-refractivity contribution is -0.141. The molecule has 1 aliphatic rings. The summed E-state index contributed by atoms with van der Waals surface area (Å²) in [4.78, 5) is 25.6. The fourth-order valence-corrected chi connectivity index (χ4v) is 2.71. The second kappa shape index (κ2) is 10.4. The average molecular weight is 370 g/mol. The number of nitrogens with one attached hydrogen (secondary N) is 2. The number of benzene rings is 1. The van der Waals surface area contributed by atoms with E-state index in [1.807, 2.05) is 0 Å². The minimum Gasteiger partial charge on any atom is -0.480 e. The van der Waals surface area contributed by atoms with Gasteiger partial charge in [-0.2, -0.15) is 0 Å². The lowest BCUT2D eigenvalue weighted by atomic mass is 10.2. The summed E-state index contributed by atoms with van der Waals surface area (Å²) in [6.45, 7) is 4.74. The number of ether oxygens (including phenoxy) is 1. The number of carbonyl (C=O) groups is 2. The van der Waals surface area contributed by atoms with Crippen molar-refractivity contribution in [2.45, 2.75) is 18.9 Å². The van der Waals surface area contributed by atoms with Gasteiger partial charge in [0.15, 0.2) is 0 Å². The molecule has 3 N–H and O–H groups in total. The third-order valence-corrected chi connectivity index (χ3v) is 4.21. The first-order valence-electron chi connectivity index (χ1n) is 8.36. The van der Waals surface area contributed by atoms with Gasteiger partial charge < -0.3 is 20.5 Å². The van der Waals surface area contributed by atoms with Gasteiger partial charge in [-0.15, -0.1) is 0 Å². The minimum absolute atomic E-state index is 0.129. The molecule has 0 spiro atoms. The van der Waals surface area contributed by atoms with Gasteiger partial charge in [0.2, 0.25) is 5.91 Å². The van der Waals surface area contributed by atoms with Crippen molar-refractivity contribution in [2.24, 2.45) is 0 Å². The number of hydrogen-bond acceptors (Lipinski definition) is 5. The summed E-state index contributed by atoms with van der Waals surface area (Å²) in [6, 6.07) is 5.76. The van der Waals surface area contributed by atoms with E-state index in [2.05, 4.69) is 15.5 Å². The Balaban J connectivity index is 1.70. The maximum absolute atomic E-state index is 12.0. The molecule has 1 aromatic rings. The van der Waals surface area contributed by atoms with Crippen LogP contribution in [-0.4, -0.2) is 67.3 Å². The zero-order chi connectivity index (χ0) is 18.1. The molecular weight excluding hydrogens is 346 g/mol. The number of carbonyl (C=O) groups excluding carboxylic acids is 1. The van der Waals surface area contributed by atoms with Crippen LogP contribution in [0.2, 0.25) is 5.02 Å². The molecule has 0 radical (unpaired) electrons. The highest BCUT2D eigenvalue weighted by atomic mass is 35.5. The molecule has 25 heavy (non-hydrogen) atoms. The van der Waals surface area contributed by atoms with Gasteiger partial charge in [0.25, 0.3) is 0 Å². The SMILES string of the molecule is O=C(CC(NCCCN1CCOCC1)C(=O)O)Nc1ccc(Cl)cc1. The maximum atomic E-state index is 12.0. The normalized spacial score (nSPS) is 16.4. The third kappa shape index (κ3) is 7.39. The zero-order valence-electron chi connectivity index (χ0n) is 14.0. The van der Waals surface area contributed by atoms with Crippen LogP contribution in [0.25, 0.3) is 0 Å². The molecule has 0 aromatic heterocycles. The van der Waals surface area contributed by atoms with Gasteiger partial charge in [0, 0.05) is 23.8 Å². The van der Waals surface area contributed by atoms with Crippen molar-refractivity contribution in [3.8, 4) is 0 Å². The van der Waals surface area contributed by atoms with Crippen molar-refractivity contribution < 1.29 is 19.4 Å². The molecule has 1 fully saturated rings. The number of morpholine rings is 1. The number of halogens is 1. The molecular formula is C17H24ClN3O4. The summed E-state index contributed by atoms with van der Waals surface area (Å²) in [5, 5.41) is 15.5. The Hall–Kier alpha value is -1.67. The number of carboxylic acid groups (broad SMARTS) is 1. The first kappa shape index (κ1) is 19.7. The van der Waals surface area contributed by atoms with E-state index in [4.69, 9.17) is 16.3 Å². The largest absolute Gasteiger partial charge is 0.480 e. The highest BCUT2D eigenvalue weighted by Gasteiger charge is 2.20. The van der Waals surface area contributed by atoms with E-state index in [-0.39, 0.29) is 12.3 Å². The van der Waals surface area contributed by atoms with E-state index in [9.17, 15) is 14.7 Å². The van der Waals surface area contributed by atoms with Gasteiger partial charge in [0.05, 0.1) is 19.6 Å². The molecule has 1 aromatic carbocycles. The molecule has 138 valence electrons. The molecule has 1 saturated heterocycles. The molecule has 0 saturated carbocycles. The molecule has 0 aliphatic carbocycles. The average Bonchev–Trinajstić information content (AvgIpc) is 2.60. The molecule has 1 atom stereocenters. The molecule has 1 aliphatic heterocycles. The molecule has 0 bridgehead atoms. The highest BCUT2D eigenvalue weighted by Crippen LogP contribution is 2.13. The smallest absolute Gasteiger partial charge is 0.321 e. The van der Waals surface area contributed by atoms with E-state index in [0.29, 0.717) is 17.3 Å². The predicted molar refractivity (Wildman–Crippen MR) is 96.0 cm³/mol. The molecule has 2 rings (SSSR count). The van der Waals surface area contributed by atoms with Crippen LogP contribution in [0.5, 0.6) is 0 Å². The lowest BCUT2D eigenvalue weighted by Crippen LogP contribution is -2.42. The second-order valence-electron chi connectivity index (χ2n) is 5.91. The summed E-state index contributed by atoms with van der Waals surface area (Å²) in [5.74, 6) is -1.38. The zero-order valence-corrected chi connectivity index (χ0v) is 14.8. The van der Waals surface area contributed by atoms with Crippen molar-refractivity contribution >= 4 is 29.2 Å². The summed E-state index contributed by atoms with van der Waals surface area (Å²) >= 11 is 5.79. The van der Waals surface area contributed by atoms with Crippen LogP contribution in [0.15, 0.2) is 24.3 Å². The van der Waals surface area contributed by atoms with Crippen molar-refractivity contribution in [3.63, 3.8) is 0 Å². The van der Waals surface area contributed by atoms with Gasteiger partial charge in [-0.25, -0.2) is 0 Å². The predicted octanol–water partition coefficient (Wildman–Crippen LogP) is 1.43. The van der Waals surface area contributed by atoms with Gasteiger partial charge in [0.1, 0.15) is 6.04 Å². The van der Waals surface area contributed by atoms with Gasteiger partial charge >= 0.3 is 5.97 Å². The Morgan fingerprint density at radius 1 is 1.24 bits per heavy atom. The van der Waals surface area contributed by atoms with Crippen LogP contribution in [0.4, 0.5) is 5.69 Å². The molecule has 8 heteroatoms. The topological polar surface area (TPSA) is 90.9 Å². The van der Waals surface area contributed by atoms with Crippen LogP contribution in [0, 0.1) is 0 Å². The fraction of sp³-hybridized carbons (Fsp3) is 0.529. The van der Waals surface area contributed by atoms with E-state index in [0.717, 1.165) is 39.3 Å². The Morgan fingerprint density at radius 2 is 1.92 bits per heavy atom. The standard InChI is InChI=1S/C17H24ClN3O4/c18-13-2-4-14(5-3-13)20-16(22)12-15(17(23)24)19-6-1-7-21-8-10-25-11-9-21/h2-5,15,19H,1,6-12H2,(H,20,22)(H,23,24). The summed E-state index contributed by atoms with van der Waals surface area (Å²) in [5.41, 5.74) is 0.589. The summed E-state index contributed by atoms with van der Waals surface area (Å²) in [6.07, 6.45) is 0.693. The van der Waals surface area contributed by atoms with Gasteiger partial charge in [-0.05, 0) is 43.8 Å². The maximum Gasteiger partial charge on any atom is 0.321 e. The molecule has 1 unspecified atom stereocenters. The Morgan fingerprint density at radius 3 is 2.56 bits per heavy atom. The Kier molecular flexibility index (Phi) is 8.14. The number of hydrogen-bond donors (Lipinski definition) is 3. The van der Waals surface area contributed by atoms with Gasteiger partial charge in [-0.1, -0.05) is 11.6 Å². The van der Waals surface area contributed by atoms with Crippen LogP contribution >= 0.6 is 11.6 Å². The van der Waals surface area contributed by atoms with Gasteiger partial charge in [-0.3, -0.25) is 14.5 Å². The van der Waals surface area contributed by atoms with Crippen molar-refractivity contribution in [1.82, 2.24) is 10.2 Å². The number of aliphatic carboxylic acids is 1. The molecule has 7 nitrogen and oxygen atoms in total.